The van der Waals surface area contributed by atoms with Gasteiger partial charge in [0.25, 0.3) is 0 Å². The largest absolute Gasteiger partial charge is 0.478 e. The molecule has 0 saturated heterocycles. The van der Waals surface area contributed by atoms with E-state index in [9.17, 15) is 4.79 Å². The van der Waals surface area contributed by atoms with E-state index in [-0.39, 0.29) is 5.56 Å². The predicted molar refractivity (Wildman–Crippen MR) is 75.2 cm³/mol. The molecular formula is C16H11NO3. The number of nitrogens with zero attached hydrogens (tertiary/aromatic N) is 1. The molecule has 0 atom stereocenters. The van der Waals surface area contributed by atoms with Gasteiger partial charge in [-0.2, -0.15) is 0 Å². The molecule has 20 heavy (non-hydrogen) atoms. The van der Waals surface area contributed by atoms with Crippen molar-refractivity contribution in [3.8, 4) is 11.5 Å². The van der Waals surface area contributed by atoms with E-state index in [1.165, 1.54) is 12.1 Å². The van der Waals surface area contributed by atoms with Gasteiger partial charge in [0, 0.05) is 11.6 Å². The molecule has 4 nitrogen and oxygen atoms in total. The van der Waals surface area contributed by atoms with Gasteiger partial charge in [-0.1, -0.05) is 18.2 Å². The molecule has 98 valence electrons. The van der Waals surface area contributed by atoms with Crippen LogP contribution in [0.4, 0.5) is 0 Å². The van der Waals surface area contributed by atoms with Crippen LogP contribution in [0.25, 0.3) is 10.9 Å². The van der Waals surface area contributed by atoms with Crippen LogP contribution in [0.3, 0.4) is 0 Å². The second kappa shape index (κ2) is 5.01. The number of ether oxygens (including phenoxy) is 1. The molecule has 1 heterocycles. The van der Waals surface area contributed by atoms with E-state index in [4.69, 9.17) is 9.84 Å². The third kappa shape index (κ3) is 2.31. The molecule has 3 rings (SSSR count). The first-order chi connectivity index (χ1) is 9.74. The van der Waals surface area contributed by atoms with E-state index in [0.717, 1.165) is 10.9 Å². The first-order valence-electron chi connectivity index (χ1n) is 6.09. The minimum Gasteiger partial charge on any atom is -0.478 e. The number of fused-ring (bicyclic) bond motifs is 1. The van der Waals surface area contributed by atoms with Gasteiger partial charge in [0.1, 0.15) is 11.3 Å². The zero-order chi connectivity index (χ0) is 13.9. The molecular weight excluding hydrogens is 254 g/mol. The molecule has 2 aromatic carbocycles. The number of carboxylic acid groups (broad SMARTS) is 1. The van der Waals surface area contributed by atoms with Crippen molar-refractivity contribution in [3.05, 3.63) is 66.4 Å². The van der Waals surface area contributed by atoms with Gasteiger partial charge in [0.15, 0.2) is 5.75 Å². The average Bonchev–Trinajstić information content (AvgIpc) is 2.48. The summed E-state index contributed by atoms with van der Waals surface area (Å²) < 4.78 is 5.77. The van der Waals surface area contributed by atoms with Crippen molar-refractivity contribution in [2.75, 3.05) is 0 Å². The third-order valence-corrected chi connectivity index (χ3v) is 2.92. The monoisotopic (exact) mass is 265 g/mol. The minimum atomic E-state index is -0.955. The number of pyridine rings is 1. The van der Waals surface area contributed by atoms with Crippen molar-refractivity contribution in [1.82, 2.24) is 4.98 Å². The highest BCUT2D eigenvalue weighted by molar-refractivity contribution is 5.87. The van der Waals surface area contributed by atoms with E-state index in [0.29, 0.717) is 11.5 Å². The molecule has 3 aromatic rings. The molecule has 0 aliphatic carbocycles. The first kappa shape index (κ1) is 12.2. The molecule has 0 fully saturated rings. The molecule has 0 unspecified atom stereocenters. The first-order valence-corrected chi connectivity index (χ1v) is 6.09. The Balaban J connectivity index is 1.95. The van der Waals surface area contributed by atoms with Gasteiger partial charge in [0.05, 0.1) is 5.56 Å². The fraction of sp³-hybridized carbons (Fsp3) is 0. The SMILES string of the molecule is O=C(O)c1ccc(Oc2cccc3cccnc23)cc1. The molecule has 0 saturated carbocycles. The zero-order valence-electron chi connectivity index (χ0n) is 10.5. The number of aromatic carboxylic acids is 1. The van der Waals surface area contributed by atoms with Crippen LogP contribution in [0.15, 0.2) is 60.8 Å². The molecule has 0 aliphatic heterocycles. The van der Waals surface area contributed by atoms with Gasteiger partial charge in [-0.05, 0) is 36.4 Å². The Bertz CT molecular complexity index is 761. The minimum absolute atomic E-state index is 0.230. The Kier molecular flexibility index (Phi) is 3.05. The molecule has 0 aliphatic rings. The highest BCUT2D eigenvalue weighted by Crippen LogP contribution is 2.28. The number of para-hydroxylation sites is 1. The second-order valence-electron chi connectivity index (χ2n) is 4.26. The second-order valence-corrected chi connectivity index (χ2v) is 4.26. The van der Waals surface area contributed by atoms with Crippen LogP contribution in [0, 0.1) is 0 Å². The van der Waals surface area contributed by atoms with Crippen molar-refractivity contribution in [2.45, 2.75) is 0 Å². The number of benzene rings is 2. The van der Waals surface area contributed by atoms with Crippen LogP contribution in [0.5, 0.6) is 11.5 Å². The van der Waals surface area contributed by atoms with Gasteiger partial charge in [-0.25, -0.2) is 4.79 Å². The number of carboxylic acids is 1. The Labute approximate surface area is 115 Å². The standard InChI is InChI=1S/C16H11NO3/c18-16(19)12-6-8-13(9-7-12)20-14-5-1-3-11-4-2-10-17-15(11)14/h1-10H,(H,18,19). The fourth-order valence-electron chi connectivity index (χ4n) is 1.95. The van der Waals surface area contributed by atoms with Gasteiger partial charge in [0.2, 0.25) is 0 Å². The average molecular weight is 265 g/mol. The van der Waals surface area contributed by atoms with Crippen LogP contribution in [-0.4, -0.2) is 16.1 Å². The van der Waals surface area contributed by atoms with Crippen molar-refractivity contribution < 1.29 is 14.6 Å². The number of rotatable bonds is 3. The smallest absolute Gasteiger partial charge is 0.335 e. The van der Waals surface area contributed by atoms with Gasteiger partial charge in [-0.3, -0.25) is 4.98 Å². The maximum atomic E-state index is 10.8. The zero-order valence-corrected chi connectivity index (χ0v) is 10.5. The quantitative estimate of drug-likeness (QED) is 0.784. The molecule has 0 bridgehead atoms. The Morgan fingerprint density at radius 2 is 1.75 bits per heavy atom. The fourth-order valence-corrected chi connectivity index (χ4v) is 1.95. The summed E-state index contributed by atoms with van der Waals surface area (Å²) in [5.41, 5.74) is 1.01. The molecule has 0 amide bonds. The summed E-state index contributed by atoms with van der Waals surface area (Å²) in [5, 5.41) is 9.85. The van der Waals surface area contributed by atoms with Crippen LogP contribution in [0.2, 0.25) is 0 Å². The summed E-state index contributed by atoms with van der Waals surface area (Å²) in [5.74, 6) is 0.266. The number of aromatic nitrogens is 1. The lowest BCUT2D eigenvalue weighted by atomic mass is 10.2. The summed E-state index contributed by atoms with van der Waals surface area (Å²) in [4.78, 5) is 15.1. The highest BCUT2D eigenvalue weighted by atomic mass is 16.5. The number of hydrogen-bond acceptors (Lipinski definition) is 3. The van der Waals surface area contributed by atoms with Gasteiger partial charge >= 0.3 is 5.97 Å². The maximum Gasteiger partial charge on any atom is 0.335 e. The van der Waals surface area contributed by atoms with E-state index < -0.39 is 5.97 Å². The van der Waals surface area contributed by atoms with Gasteiger partial charge < -0.3 is 9.84 Å². The van der Waals surface area contributed by atoms with Crippen molar-refractivity contribution in [1.29, 1.82) is 0 Å². The van der Waals surface area contributed by atoms with Crippen LogP contribution in [-0.2, 0) is 0 Å². The lowest BCUT2D eigenvalue weighted by Gasteiger charge is -2.08. The third-order valence-electron chi connectivity index (χ3n) is 2.92. The number of carbonyl (C=O) groups is 1. The summed E-state index contributed by atoms with van der Waals surface area (Å²) in [6.45, 7) is 0. The van der Waals surface area contributed by atoms with E-state index in [1.54, 1.807) is 18.3 Å². The topological polar surface area (TPSA) is 59.4 Å². The Morgan fingerprint density at radius 3 is 2.50 bits per heavy atom. The lowest BCUT2D eigenvalue weighted by molar-refractivity contribution is 0.0697. The van der Waals surface area contributed by atoms with Gasteiger partial charge in [-0.15, -0.1) is 0 Å². The molecule has 4 heteroatoms. The van der Waals surface area contributed by atoms with Crippen LogP contribution >= 0.6 is 0 Å². The molecule has 0 spiro atoms. The lowest BCUT2D eigenvalue weighted by Crippen LogP contribution is -1.95. The maximum absolute atomic E-state index is 10.8. The van der Waals surface area contributed by atoms with Crippen molar-refractivity contribution in [3.63, 3.8) is 0 Å². The van der Waals surface area contributed by atoms with E-state index in [1.807, 2.05) is 30.3 Å². The van der Waals surface area contributed by atoms with Crippen LogP contribution < -0.4 is 4.74 Å². The summed E-state index contributed by atoms with van der Waals surface area (Å²) in [6, 6.07) is 15.8. The summed E-state index contributed by atoms with van der Waals surface area (Å²) in [6.07, 6.45) is 1.71. The molecule has 1 aromatic heterocycles. The van der Waals surface area contributed by atoms with Crippen molar-refractivity contribution >= 4 is 16.9 Å². The normalized spacial score (nSPS) is 10.4. The molecule has 0 radical (unpaired) electrons. The Hall–Kier alpha value is -2.88. The summed E-state index contributed by atoms with van der Waals surface area (Å²) in [7, 11) is 0. The van der Waals surface area contributed by atoms with E-state index >= 15 is 0 Å². The predicted octanol–water partition coefficient (Wildman–Crippen LogP) is 3.73. The Morgan fingerprint density at radius 1 is 1.00 bits per heavy atom. The van der Waals surface area contributed by atoms with Crippen LogP contribution in [0.1, 0.15) is 10.4 Å². The van der Waals surface area contributed by atoms with Crippen molar-refractivity contribution in [2.24, 2.45) is 0 Å². The highest BCUT2D eigenvalue weighted by Gasteiger charge is 2.06. The number of hydrogen-bond donors (Lipinski definition) is 1. The van der Waals surface area contributed by atoms with E-state index in [2.05, 4.69) is 4.98 Å². The molecule has 1 N–H and O–H groups in total. The summed E-state index contributed by atoms with van der Waals surface area (Å²) >= 11 is 0.